The van der Waals surface area contributed by atoms with Crippen LogP contribution >= 0.6 is 0 Å². The van der Waals surface area contributed by atoms with Gasteiger partial charge in [0.1, 0.15) is 0 Å². The summed E-state index contributed by atoms with van der Waals surface area (Å²) in [6.45, 7) is 1.14. The van der Waals surface area contributed by atoms with E-state index in [9.17, 15) is 0 Å². The van der Waals surface area contributed by atoms with E-state index in [4.69, 9.17) is 0 Å². The van der Waals surface area contributed by atoms with Crippen molar-refractivity contribution in [1.29, 1.82) is 0 Å². The Bertz CT molecular complexity index is 727. The molecule has 1 aliphatic heterocycles. The van der Waals surface area contributed by atoms with Crippen molar-refractivity contribution in [3.63, 3.8) is 0 Å². The Kier molecular flexibility index (Phi) is 4.83. The number of piperidine rings is 1. The fourth-order valence-corrected chi connectivity index (χ4v) is 4.20. The second-order valence-corrected chi connectivity index (χ2v) is 6.89. The number of nitrogens with zero attached hydrogens (tertiary/aromatic N) is 1. The van der Waals surface area contributed by atoms with Gasteiger partial charge in [-0.05, 0) is 42.5 Å². The molecule has 1 fully saturated rings. The van der Waals surface area contributed by atoms with Crippen molar-refractivity contribution in [2.45, 2.75) is 31.2 Å². The maximum absolute atomic E-state index is 2.63. The van der Waals surface area contributed by atoms with Crippen LogP contribution in [0, 0.1) is 0 Å². The molecule has 0 aromatic heterocycles. The predicted octanol–water partition coefficient (Wildman–Crippen LogP) is 5.88. The number of anilines is 1. The average Bonchev–Trinajstić information content (AvgIpc) is 2.71. The highest BCUT2D eigenvalue weighted by atomic mass is 15.2. The van der Waals surface area contributed by atoms with Crippen molar-refractivity contribution in [3.05, 3.63) is 102 Å². The molecule has 0 amide bonds. The summed E-state index contributed by atoms with van der Waals surface area (Å²) in [4.78, 5) is 2.63. The van der Waals surface area contributed by atoms with Crippen molar-refractivity contribution in [2.24, 2.45) is 0 Å². The minimum absolute atomic E-state index is 0.405. The molecule has 4 rings (SSSR count). The molecule has 25 heavy (non-hydrogen) atoms. The Hall–Kier alpha value is -2.54. The van der Waals surface area contributed by atoms with E-state index in [0.29, 0.717) is 12.0 Å². The molecule has 1 heterocycles. The largest absolute Gasteiger partial charge is 0.368 e. The zero-order chi connectivity index (χ0) is 16.9. The number of benzene rings is 3. The molecule has 0 radical (unpaired) electrons. The fraction of sp³-hybridized carbons (Fsp3) is 0.250. The summed E-state index contributed by atoms with van der Waals surface area (Å²) in [6, 6.07) is 33.5. The number of hydrogen-bond acceptors (Lipinski definition) is 1. The lowest BCUT2D eigenvalue weighted by atomic mass is 9.80. The first-order chi connectivity index (χ1) is 12.4. The molecular formula is C24H25N. The molecule has 126 valence electrons. The zero-order valence-electron chi connectivity index (χ0n) is 14.6. The van der Waals surface area contributed by atoms with Gasteiger partial charge in [-0.3, -0.25) is 0 Å². The number of hydrogen-bond donors (Lipinski definition) is 0. The van der Waals surface area contributed by atoms with Crippen LogP contribution in [0.5, 0.6) is 0 Å². The zero-order valence-corrected chi connectivity index (χ0v) is 14.6. The van der Waals surface area contributed by atoms with Gasteiger partial charge in [0.25, 0.3) is 0 Å². The quantitative estimate of drug-likeness (QED) is 0.578. The van der Waals surface area contributed by atoms with Crippen LogP contribution in [0.4, 0.5) is 5.69 Å². The first-order valence-electron chi connectivity index (χ1n) is 9.35. The van der Waals surface area contributed by atoms with Crippen molar-refractivity contribution in [3.8, 4) is 0 Å². The minimum atomic E-state index is 0.405. The Morgan fingerprint density at radius 2 is 1.16 bits per heavy atom. The Morgan fingerprint density at radius 1 is 0.640 bits per heavy atom. The number of para-hydroxylation sites is 1. The Balaban J connectivity index is 1.77. The van der Waals surface area contributed by atoms with Gasteiger partial charge in [0.2, 0.25) is 0 Å². The van der Waals surface area contributed by atoms with Crippen LogP contribution in [0.3, 0.4) is 0 Å². The summed E-state index contributed by atoms with van der Waals surface area (Å²) in [6.07, 6.45) is 3.83. The molecule has 1 heteroatoms. The fourth-order valence-electron chi connectivity index (χ4n) is 4.20. The minimum Gasteiger partial charge on any atom is -0.368 e. The molecule has 0 unspecified atom stereocenters. The molecule has 0 aliphatic carbocycles. The smallest absolute Gasteiger partial charge is 0.0399 e. The van der Waals surface area contributed by atoms with E-state index in [-0.39, 0.29) is 0 Å². The maximum Gasteiger partial charge on any atom is 0.0399 e. The van der Waals surface area contributed by atoms with E-state index < -0.39 is 0 Å². The highest BCUT2D eigenvalue weighted by molar-refractivity contribution is 5.50. The van der Waals surface area contributed by atoms with Crippen molar-refractivity contribution >= 4 is 5.69 Å². The summed E-state index contributed by atoms with van der Waals surface area (Å²) in [5.41, 5.74) is 4.19. The predicted molar refractivity (Wildman–Crippen MR) is 106 cm³/mol. The standard InChI is InChI=1S/C24H25N/c1-4-12-20(13-5-1)24(21-14-6-2-7-15-21)23-18-10-11-19-25(23)22-16-8-3-9-17-22/h1-9,12-17,23-24H,10-11,18-19H2/t23-/m0/s1. The van der Waals surface area contributed by atoms with Gasteiger partial charge >= 0.3 is 0 Å². The molecule has 0 spiro atoms. The van der Waals surface area contributed by atoms with E-state index in [1.54, 1.807) is 0 Å². The molecule has 1 atom stereocenters. The lowest BCUT2D eigenvalue weighted by Crippen LogP contribution is -2.43. The highest BCUT2D eigenvalue weighted by Crippen LogP contribution is 2.37. The highest BCUT2D eigenvalue weighted by Gasteiger charge is 2.32. The molecule has 1 aliphatic rings. The Morgan fingerprint density at radius 3 is 1.72 bits per heavy atom. The van der Waals surface area contributed by atoms with Crippen LogP contribution in [0.15, 0.2) is 91.0 Å². The van der Waals surface area contributed by atoms with Gasteiger partial charge in [0.05, 0.1) is 0 Å². The lowest BCUT2D eigenvalue weighted by molar-refractivity contribution is 0.427. The van der Waals surface area contributed by atoms with Gasteiger partial charge < -0.3 is 4.90 Å². The van der Waals surface area contributed by atoms with E-state index in [1.807, 2.05) is 0 Å². The van der Waals surface area contributed by atoms with Crippen LogP contribution in [0.2, 0.25) is 0 Å². The van der Waals surface area contributed by atoms with Crippen LogP contribution < -0.4 is 4.90 Å². The third-order valence-corrected chi connectivity index (χ3v) is 5.34. The van der Waals surface area contributed by atoms with Gasteiger partial charge in [0, 0.05) is 24.2 Å². The first kappa shape index (κ1) is 16.0. The molecule has 0 saturated carbocycles. The summed E-state index contributed by atoms with van der Waals surface area (Å²) < 4.78 is 0. The van der Waals surface area contributed by atoms with Gasteiger partial charge in [-0.25, -0.2) is 0 Å². The third kappa shape index (κ3) is 3.46. The summed E-state index contributed by atoms with van der Waals surface area (Å²) in [7, 11) is 0. The molecule has 1 saturated heterocycles. The normalized spacial score (nSPS) is 17.6. The summed E-state index contributed by atoms with van der Waals surface area (Å²) in [5, 5.41) is 0. The molecule has 3 aromatic rings. The van der Waals surface area contributed by atoms with Gasteiger partial charge in [-0.1, -0.05) is 78.9 Å². The van der Waals surface area contributed by atoms with E-state index in [1.165, 1.54) is 36.1 Å². The van der Waals surface area contributed by atoms with E-state index >= 15 is 0 Å². The van der Waals surface area contributed by atoms with E-state index in [0.717, 1.165) is 6.54 Å². The third-order valence-electron chi connectivity index (χ3n) is 5.34. The average molecular weight is 327 g/mol. The first-order valence-corrected chi connectivity index (χ1v) is 9.35. The maximum atomic E-state index is 2.63. The van der Waals surface area contributed by atoms with Crippen molar-refractivity contribution in [2.75, 3.05) is 11.4 Å². The van der Waals surface area contributed by atoms with Crippen LogP contribution in [0.1, 0.15) is 36.3 Å². The summed E-state index contributed by atoms with van der Waals surface area (Å²) in [5.74, 6) is 0.405. The molecule has 1 nitrogen and oxygen atoms in total. The topological polar surface area (TPSA) is 3.24 Å². The molecule has 0 N–H and O–H groups in total. The van der Waals surface area contributed by atoms with Crippen LogP contribution in [0.25, 0.3) is 0 Å². The second-order valence-electron chi connectivity index (χ2n) is 6.89. The molecular weight excluding hydrogens is 302 g/mol. The van der Waals surface area contributed by atoms with Crippen LogP contribution in [-0.2, 0) is 0 Å². The van der Waals surface area contributed by atoms with E-state index in [2.05, 4.69) is 95.9 Å². The number of rotatable bonds is 4. The molecule has 0 bridgehead atoms. The summed E-state index contributed by atoms with van der Waals surface area (Å²) >= 11 is 0. The van der Waals surface area contributed by atoms with Crippen molar-refractivity contribution < 1.29 is 0 Å². The van der Waals surface area contributed by atoms with Gasteiger partial charge in [-0.2, -0.15) is 0 Å². The lowest BCUT2D eigenvalue weighted by Gasteiger charge is -2.42. The van der Waals surface area contributed by atoms with Crippen molar-refractivity contribution in [1.82, 2.24) is 0 Å². The SMILES string of the molecule is c1ccc(C(c2ccccc2)[C@@H]2CCCCN2c2ccccc2)cc1. The second kappa shape index (κ2) is 7.57. The van der Waals surface area contributed by atoms with Gasteiger partial charge in [0.15, 0.2) is 0 Å². The monoisotopic (exact) mass is 327 g/mol. The van der Waals surface area contributed by atoms with Gasteiger partial charge in [-0.15, -0.1) is 0 Å². The van der Waals surface area contributed by atoms with Crippen LogP contribution in [-0.4, -0.2) is 12.6 Å². The Labute approximate surface area is 150 Å². The molecule has 3 aromatic carbocycles.